The van der Waals surface area contributed by atoms with Crippen LogP contribution in [0.25, 0.3) is 0 Å². The summed E-state index contributed by atoms with van der Waals surface area (Å²) in [5.74, 6) is 0. The molecule has 3 unspecified atom stereocenters. The van der Waals surface area contributed by atoms with E-state index in [1.165, 1.54) is 37.8 Å². The highest BCUT2D eigenvalue weighted by molar-refractivity contribution is 5.89. The van der Waals surface area contributed by atoms with E-state index in [-0.39, 0.29) is 0 Å². The Kier molecular flexibility index (Phi) is 2.68. The number of hydrogen-bond donors (Lipinski definition) is 1. The highest BCUT2D eigenvalue weighted by Gasteiger charge is 2.26. The van der Waals surface area contributed by atoms with Crippen molar-refractivity contribution < 1.29 is 0 Å². The molecule has 0 aromatic rings. The third-order valence-corrected chi connectivity index (χ3v) is 3.24. The molecule has 1 fully saturated rings. The quantitative estimate of drug-likeness (QED) is 0.707. The van der Waals surface area contributed by atoms with Gasteiger partial charge in [0, 0.05) is 30.6 Å². The molecule has 1 N–H and O–H groups in total. The second-order valence-electron chi connectivity index (χ2n) is 4.50. The van der Waals surface area contributed by atoms with Crippen LogP contribution in [0.4, 0.5) is 0 Å². The number of rotatable bonds is 3. The third kappa shape index (κ3) is 2.11. The Labute approximate surface area is 80.8 Å². The van der Waals surface area contributed by atoms with Crippen molar-refractivity contribution >= 4 is 5.71 Å². The topological polar surface area (TPSA) is 24.4 Å². The van der Waals surface area contributed by atoms with Crippen LogP contribution in [-0.4, -0.2) is 23.8 Å². The van der Waals surface area contributed by atoms with Crippen molar-refractivity contribution in [1.29, 1.82) is 0 Å². The summed E-state index contributed by atoms with van der Waals surface area (Å²) < 4.78 is 0. The molecule has 2 heteroatoms. The van der Waals surface area contributed by atoms with Gasteiger partial charge in [-0.25, -0.2) is 0 Å². The molecule has 0 amide bonds. The Balaban J connectivity index is 1.75. The zero-order valence-electron chi connectivity index (χ0n) is 8.71. The van der Waals surface area contributed by atoms with E-state index in [2.05, 4.69) is 24.2 Å². The summed E-state index contributed by atoms with van der Waals surface area (Å²) >= 11 is 0. The monoisotopic (exact) mass is 180 g/mol. The van der Waals surface area contributed by atoms with Crippen LogP contribution in [0.2, 0.25) is 0 Å². The Hall–Kier alpha value is -0.370. The van der Waals surface area contributed by atoms with E-state index >= 15 is 0 Å². The minimum Gasteiger partial charge on any atom is -0.311 e. The van der Waals surface area contributed by atoms with Crippen molar-refractivity contribution in [1.82, 2.24) is 5.32 Å². The average Bonchev–Trinajstić information content (AvgIpc) is 2.50. The lowest BCUT2D eigenvalue weighted by atomic mass is 9.98. The molecule has 13 heavy (non-hydrogen) atoms. The van der Waals surface area contributed by atoms with Crippen LogP contribution < -0.4 is 5.32 Å². The number of nitrogens with zero attached hydrogens (tertiary/aromatic N) is 1. The van der Waals surface area contributed by atoms with Gasteiger partial charge in [-0.3, -0.25) is 4.99 Å². The van der Waals surface area contributed by atoms with Gasteiger partial charge in [0.1, 0.15) is 0 Å². The second-order valence-corrected chi connectivity index (χ2v) is 4.50. The fourth-order valence-electron chi connectivity index (χ4n) is 2.44. The van der Waals surface area contributed by atoms with Crippen molar-refractivity contribution in [3.63, 3.8) is 0 Å². The average molecular weight is 180 g/mol. The van der Waals surface area contributed by atoms with E-state index in [0.717, 1.165) is 12.1 Å². The Morgan fingerprint density at radius 1 is 1.38 bits per heavy atom. The zero-order valence-corrected chi connectivity index (χ0v) is 8.71. The van der Waals surface area contributed by atoms with E-state index in [9.17, 15) is 0 Å². The summed E-state index contributed by atoms with van der Waals surface area (Å²) in [6.45, 7) is 4.46. The van der Waals surface area contributed by atoms with Crippen LogP contribution in [0.15, 0.2) is 4.99 Å². The molecule has 2 heterocycles. The van der Waals surface area contributed by atoms with Gasteiger partial charge in [0.2, 0.25) is 0 Å². The minimum absolute atomic E-state index is 0.610. The highest BCUT2D eigenvalue weighted by Crippen LogP contribution is 2.22. The summed E-state index contributed by atoms with van der Waals surface area (Å²) in [5.41, 5.74) is 1.45. The van der Waals surface area contributed by atoms with Gasteiger partial charge < -0.3 is 5.32 Å². The second kappa shape index (κ2) is 3.79. The smallest absolute Gasteiger partial charge is 0.0522 e. The Morgan fingerprint density at radius 2 is 2.08 bits per heavy atom. The van der Waals surface area contributed by atoms with Crippen LogP contribution in [0, 0.1) is 0 Å². The summed E-state index contributed by atoms with van der Waals surface area (Å²) in [5, 5.41) is 3.67. The van der Waals surface area contributed by atoms with E-state index in [0.29, 0.717) is 6.04 Å². The fourth-order valence-corrected chi connectivity index (χ4v) is 2.44. The first-order valence-electron chi connectivity index (χ1n) is 5.59. The van der Waals surface area contributed by atoms with Gasteiger partial charge in [0.05, 0.1) is 6.04 Å². The van der Waals surface area contributed by atoms with Crippen LogP contribution in [-0.2, 0) is 0 Å². The van der Waals surface area contributed by atoms with Crippen molar-refractivity contribution in [2.75, 3.05) is 0 Å². The van der Waals surface area contributed by atoms with Gasteiger partial charge in [-0.15, -0.1) is 0 Å². The maximum absolute atomic E-state index is 4.51. The molecule has 2 rings (SSSR count). The predicted octanol–water partition coefficient (Wildman–Crippen LogP) is 2.14. The van der Waals surface area contributed by atoms with Gasteiger partial charge in [0.25, 0.3) is 0 Å². The lowest BCUT2D eigenvalue weighted by molar-refractivity contribution is 0.527. The SMILES string of the molecule is CCC1CCC(CC2=NC(C)C2)N1. The normalized spacial score (nSPS) is 38.6. The maximum Gasteiger partial charge on any atom is 0.0522 e. The predicted molar refractivity (Wildman–Crippen MR) is 56.4 cm³/mol. The molecule has 0 aliphatic carbocycles. The number of nitrogens with one attached hydrogen (secondary N) is 1. The standard InChI is InChI=1S/C11H20N2/c1-3-9-4-5-10(13-9)7-11-6-8(2)12-11/h8-10,13H,3-7H2,1-2H3. The molecule has 0 aromatic heterocycles. The molecular weight excluding hydrogens is 160 g/mol. The molecule has 74 valence electrons. The number of hydrogen-bond acceptors (Lipinski definition) is 2. The van der Waals surface area contributed by atoms with E-state index < -0.39 is 0 Å². The van der Waals surface area contributed by atoms with Gasteiger partial charge in [0.15, 0.2) is 0 Å². The molecule has 0 spiro atoms. The maximum atomic E-state index is 4.51. The molecule has 0 saturated carbocycles. The first-order valence-corrected chi connectivity index (χ1v) is 5.59. The molecule has 2 aliphatic rings. The first-order chi connectivity index (χ1) is 6.28. The van der Waals surface area contributed by atoms with Gasteiger partial charge >= 0.3 is 0 Å². The summed E-state index contributed by atoms with van der Waals surface area (Å²) in [4.78, 5) is 4.51. The molecular formula is C11H20N2. The number of aliphatic imine (C=N–C) groups is 1. The van der Waals surface area contributed by atoms with Crippen LogP contribution in [0.3, 0.4) is 0 Å². The van der Waals surface area contributed by atoms with E-state index in [1.54, 1.807) is 0 Å². The van der Waals surface area contributed by atoms with Gasteiger partial charge in [-0.1, -0.05) is 6.92 Å². The van der Waals surface area contributed by atoms with E-state index in [4.69, 9.17) is 0 Å². The van der Waals surface area contributed by atoms with Crippen molar-refractivity contribution in [2.24, 2.45) is 4.99 Å². The lowest BCUT2D eigenvalue weighted by Gasteiger charge is -2.23. The Morgan fingerprint density at radius 3 is 2.62 bits per heavy atom. The van der Waals surface area contributed by atoms with E-state index in [1.807, 2.05) is 0 Å². The van der Waals surface area contributed by atoms with Crippen LogP contribution in [0.5, 0.6) is 0 Å². The third-order valence-electron chi connectivity index (χ3n) is 3.24. The molecule has 2 aliphatic heterocycles. The van der Waals surface area contributed by atoms with Crippen molar-refractivity contribution in [3.8, 4) is 0 Å². The molecule has 0 aromatic carbocycles. The van der Waals surface area contributed by atoms with Gasteiger partial charge in [-0.2, -0.15) is 0 Å². The Bertz CT molecular complexity index is 210. The molecule has 0 radical (unpaired) electrons. The largest absolute Gasteiger partial charge is 0.311 e. The molecule has 2 nitrogen and oxygen atoms in total. The summed E-state index contributed by atoms with van der Waals surface area (Å²) in [6, 6.07) is 2.12. The van der Waals surface area contributed by atoms with Crippen molar-refractivity contribution in [3.05, 3.63) is 0 Å². The summed E-state index contributed by atoms with van der Waals surface area (Å²) in [6.07, 6.45) is 6.45. The summed E-state index contributed by atoms with van der Waals surface area (Å²) in [7, 11) is 0. The highest BCUT2D eigenvalue weighted by atomic mass is 15.0. The first kappa shape index (κ1) is 9.20. The van der Waals surface area contributed by atoms with Crippen LogP contribution in [0.1, 0.15) is 46.0 Å². The van der Waals surface area contributed by atoms with Crippen molar-refractivity contribution in [2.45, 2.75) is 64.1 Å². The fraction of sp³-hybridized carbons (Fsp3) is 0.909. The molecule has 3 atom stereocenters. The lowest BCUT2D eigenvalue weighted by Crippen LogP contribution is -2.33. The molecule has 0 bridgehead atoms. The van der Waals surface area contributed by atoms with Crippen LogP contribution >= 0.6 is 0 Å². The van der Waals surface area contributed by atoms with Gasteiger partial charge in [-0.05, 0) is 26.2 Å². The zero-order chi connectivity index (χ0) is 9.26. The minimum atomic E-state index is 0.610. The molecule has 1 saturated heterocycles.